The van der Waals surface area contributed by atoms with E-state index in [-0.39, 0.29) is 31.1 Å². The maximum atomic E-state index is 12.6. The van der Waals surface area contributed by atoms with Gasteiger partial charge in [0, 0.05) is 6.61 Å². The number of ether oxygens (including phenoxy) is 4. The second-order valence-electron chi connectivity index (χ2n) is 10.6. The molecule has 3 bridgehead atoms. The van der Waals surface area contributed by atoms with E-state index >= 15 is 0 Å². The van der Waals surface area contributed by atoms with Gasteiger partial charge < -0.3 is 18.9 Å². The Morgan fingerprint density at radius 1 is 1.15 bits per heavy atom. The van der Waals surface area contributed by atoms with E-state index in [9.17, 15) is 4.79 Å². The van der Waals surface area contributed by atoms with Gasteiger partial charge in [0.25, 0.3) is 0 Å². The molecule has 0 aromatic heterocycles. The van der Waals surface area contributed by atoms with E-state index in [1.54, 1.807) is 0 Å². The van der Waals surface area contributed by atoms with E-state index in [0.717, 1.165) is 63.7 Å². The molecule has 1 aromatic rings. The van der Waals surface area contributed by atoms with Crippen molar-refractivity contribution in [2.45, 2.75) is 102 Å². The second kappa shape index (κ2) is 10.8. The van der Waals surface area contributed by atoms with Crippen LogP contribution in [0, 0.1) is 17.8 Å². The Hall–Kier alpha value is -1.59. The lowest BCUT2D eigenvalue weighted by Crippen LogP contribution is -2.31. The van der Waals surface area contributed by atoms with E-state index in [4.69, 9.17) is 18.9 Å². The van der Waals surface area contributed by atoms with Gasteiger partial charge >= 0.3 is 5.97 Å². The quantitative estimate of drug-likeness (QED) is 0.357. The molecular formula is C28H40O5. The Morgan fingerprint density at radius 2 is 2.09 bits per heavy atom. The molecule has 1 unspecified atom stereocenters. The third-order valence-corrected chi connectivity index (χ3v) is 8.38. The van der Waals surface area contributed by atoms with Crippen molar-refractivity contribution >= 4 is 5.97 Å². The van der Waals surface area contributed by atoms with Crippen molar-refractivity contribution in [3.8, 4) is 5.75 Å². The molecule has 1 saturated heterocycles. The van der Waals surface area contributed by atoms with Gasteiger partial charge in [0.15, 0.2) is 12.9 Å². The van der Waals surface area contributed by atoms with Crippen LogP contribution in [0.15, 0.2) is 18.2 Å². The first-order valence-corrected chi connectivity index (χ1v) is 13.4. The first-order valence-electron chi connectivity index (χ1n) is 13.4. The van der Waals surface area contributed by atoms with Crippen LogP contribution >= 0.6 is 0 Å². The zero-order chi connectivity index (χ0) is 22.6. The third kappa shape index (κ3) is 5.40. The van der Waals surface area contributed by atoms with E-state index in [2.05, 4.69) is 19.1 Å². The Labute approximate surface area is 198 Å². The fourth-order valence-electron chi connectivity index (χ4n) is 6.70. The fourth-order valence-corrected chi connectivity index (χ4v) is 6.70. The van der Waals surface area contributed by atoms with Crippen LogP contribution in [0.3, 0.4) is 0 Å². The summed E-state index contributed by atoms with van der Waals surface area (Å²) < 4.78 is 24.3. The minimum Gasteiger partial charge on any atom is -0.482 e. The lowest BCUT2D eigenvalue weighted by molar-refractivity contribution is -0.191. The molecule has 0 amide bonds. The topological polar surface area (TPSA) is 54.0 Å². The zero-order valence-electron chi connectivity index (χ0n) is 20.1. The highest BCUT2D eigenvalue weighted by Gasteiger charge is 2.47. The summed E-state index contributed by atoms with van der Waals surface area (Å²) in [7, 11) is 0. The number of carbonyl (C=O) groups is 1. The number of hydrogen-bond acceptors (Lipinski definition) is 5. The lowest BCUT2D eigenvalue weighted by atomic mass is 9.73. The minimum atomic E-state index is -0.226. The van der Waals surface area contributed by atoms with Crippen molar-refractivity contribution in [2.75, 3.05) is 13.2 Å². The Morgan fingerprint density at radius 3 is 2.94 bits per heavy atom. The van der Waals surface area contributed by atoms with Gasteiger partial charge in [-0.05, 0) is 92.7 Å². The van der Waals surface area contributed by atoms with Crippen LogP contribution in [-0.2, 0) is 31.8 Å². The van der Waals surface area contributed by atoms with E-state index in [1.807, 2.05) is 6.07 Å². The number of hydrogen-bond donors (Lipinski definition) is 0. The van der Waals surface area contributed by atoms with Crippen LogP contribution in [0.2, 0.25) is 0 Å². The normalized spacial score (nSPS) is 31.7. The van der Waals surface area contributed by atoms with Gasteiger partial charge in [-0.15, -0.1) is 0 Å². The number of fused-ring (bicyclic) bond motifs is 1. The molecule has 182 valence electrons. The fraction of sp³-hybridized carbons (Fsp3) is 0.750. The first kappa shape index (κ1) is 23.2. The summed E-state index contributed by atoms with van der Waals surface area (Å²) >= 11 is 0. The highest BCUT2D eigenvalue weighted by molar-refractivity contribution is 5.71. The predicted molar refractivity (Wildman–Crippen MR) is 126 cm³/mol. The van der Waals surface area contributed by atoms with Crippen molar-refractivity contribution in [1.82, 2.24) is 0 Å². The number of unbranched alkanes of at least 4 members (excludes halogenated alkanes) is 2. The van der Waals surface area contributed by atoms with Gasteiger partial charge in [0.2, 0.25) is 0 Å². The highest BCUT2D eigenvalue weighted by Crippen LogP contribution is 2.50. The van der Waals surface area contributed by atoms with Gasteiger partial charge in [-0.25, -0.2) is 4.79 Å². The second-order valence-corrected chi connectivity index (χ2v) is 10.6. The van der Waals surface area contributed by atoms with Gasteiger partial charge in [0.1, 0.15) is 11.9 Å². The Kier molecular flexibility index (Phi) is 7.56. The molecule has 2 aliphatic heterocycles. The van der Waals surface area contributed by atoms with Crippen LogP contribution in [-0.4, -0.2) is 37.7 Å². The number of carbonyl (C=O) groups excluding carboxylic acids is 1. The average Bonchev–Trinajstić information content (AvgIpc) is 3.15. The minimum absolute atomic E-state index is 0.00850. The molecule has 2 heterocycles. The molecular weight excluding hydrogens is 416 g/mol. The van der Waals surface area contributed by atoms with E-state index in [0.29, 0.717) is 17.8 Å². The molecule has 5 nitrogen and oxygen atoms in total. The van der Waals surface area contributed by atoms with Crippen molar-refractivity contribution in [1.29, 1.82) is 0 Å². The Balaban J connectivity index is 1.29. The SMILES string of the molecule is CCCCC[C@@H](CC[C@@H]1[C@H]2Cc3cccc4c3C[C@H]2C[C@H]1OC(=O)CO4)OC1CCCCO1. The summed E-state index contributed by atoms with van der Waals surface area (Å²) in [6.45, 7) is 3.08. The van der Waals surface area contributed by atoms with Crippen LogP contribution in [0.1, 0.15) is 82.3 Å². The number of rotatable bonds is 9. The third-order valence-electron chi connectivity index (χ3n) is 8.38. The molecule has 4 aliphatic rings. The largest absolute Gasteiger partial charge is 0.482 e. The monoisotopic (exact) mass is 456 g/mol. The van der Waals surface area contributed by atoms with Crippen LogP contribution in [0.4, 0.5) is 0 Å². The summed E-state index contributed by atoms with van der Waals surface area (Å²) in [4.78, 5) is 12.6. The lowest BCUT2D eigenvalue weighted by Gasteiger charge is -2.33. The van der Waals surface area contributed by atoms with Crippen molar-refractivity contribution in [3.05, 3.63) is 29.3 Å². The maximum absolute atomic E-state index is 12.6. The van der Waals surface area contributed by atoms with Crippen LogP contribution in [0.5, 0.6) is 5.75 Å². The summed E-state index contributed by atoms with van der Waals surface area (Å²) in [6.07, 6.45) is 13.5. The van der Waals surface area contributed by atoms with Crippen molar-refractivity contribution in [3.63, 3.8) is 0 Å². The summed E-state index contributed by atoms with van der Waals surface area (Å²) in [5.41, 5.74) is 2.73. The van der Waals surface area contributed by atoms with E-state index < -0.39 is 0 Å². The molecule has 0 spiro atoms. The van der Waals surface area contributed by atoms with E-state index in [1.165, 1.54) is 36.8 Å². The highest BCUT2D eigenvalue weighted by atomic mass is 16.7. The summed E-state index contributed by atoms with van der Waals surface area (Å²) in [6, 6.07) is 6.32. The maximum Gasteiger partial charge on any atom is 0.344 e. The molecule has 2 fully saturated rings. The standard InChI is InChI=1S/C28H40O5/c1-2-3-4-9-21(32-28-11-5-6-14-30-28)12-13-22-23-15-19-8-7-10-25-24(19)16-20(23)17-26(22)33-27(29)18-31-25/h7-8,10,20-23,26,28H,2-6,9,11-18H2,1H3/t20-,21-,22+,23-,26+,28?/m0/s1. The molecule has 2 aliphatic carbocycles. The van der Waals surface area contributed by atoms with Crippen LogP contribution in [0.25, 0.3) is 0 Å². The molecule has 1 aromatic carbocycles. The molecule has 1 saturated carbocycles. The molecule has 5 heteroatoms. The van der Waals surface area contributed by atoms with Gasteiger partial charge in [-0.3, -0.25) is 0 Å². The molecule has 6 atom stereocenters. The van der Waals surface area contributed by atoms with Gasteiger partial charge in [-0.1, -0.05) is 38.3 Å². The molecule has 0 N–H and O–H groups in total. The zero-order valence-corrected chi connectivity index (χ0v) is 20.1. The Bertz CT molecular complexity index is 801. The first-order chi connectivity index (χ1) is 16.2. The predicted octanol–water partition coefficient (Wildman–Crippen LogP) is 5.61. The molecule has 5 rings (SSSR count). The van der Waals surface area contributed by atoms with Gasteiger partial charge in [0.05, 0.1) is 6.10 Å². The van der Waals surface area contributed by atoms with Crippen molar-refractivity contribution < 1.29 is 23.7 Å². The molecule has 33 heavy (non-hydrogen) atoms. The van der Waals surface area contributed by atoms with Crippen LogP contribution < -0.4 is 4.74 Å². The van der Waals surface area contributed by atoms with Crippen molar-refractivity contribution in [2.24, 2.45) is 17.8 Å². The number of benzene rings is 1. The molecule has 0 radical (unpaired) electrons. The summed E-state index contributed by atoms with van der Waals surface area (Å²) in [5.74, 6) is 2.20. The summed E-state index contributed by atoms with van der Waals surface area (Å²) in [5, 5.41) is 0. The van der Waals surface area contributed by atoms with Gasteiger partial charge in [-0.2, -0.15) is 0 Å². The number of esters is 1. The average molecular weight is 457 g/mol. The smallest absolute Gasteiger partial charge is 0.344 e.